The SMILES string of the molecule is Cc1cc(C)n(-c2ccccc2CNC(=O)c2csc(CCN)n2)n1.Cl. The molecule has 2 aromatic heterocycles. The molecule has 8 heteroatoms. The van der Waals surface area contributed by atoms with E-state index in [1.54, 1.807) is 5.38 Å². The average Bonchev–Trinajstić information content (AvgIpc) is 3.19. The molecule has 2 heterocycles. The first-order valence-corrected chi connectivity index (χ1v) is 9.00. The molecule has 0 spiro atoms. The van der Waals surface area contributed by atoms with Crippen molar-refractivity contribution < 1.29 is 4.79 Å². The molecule has 3 aromatic rings. The van der Waals surface area contributed by atoms with Crippen molar-refractivity contribution >= 4 is 29.7 Å². The molecule has 1 amide bonds. The van der Waals surface area contributed by atoms with Crippen LogP contribution in [0.1, 0.15) is 32.4 Å². The fourth-order valence-corrected chi connectivity index (χ4v) is 3.45. The first kappa shape index (κ1) is 20.1. The molecule has 0 unspecified atom stereocenters. The second kappa shape index (κ2) is 8.93. The Kier molecular flexibility index (Phi) is 6.90. The molecule has 0 saturated carbocycles. The van der Waals surface area contributed by atoms with E-state index in [0.29, 0.717) is 25.2 Å². The van der Waals surface area contributed by atoms with Gasteiger partial charge in [0.05, 0.1) is 16.4 Å². The van der Waals surface area contributed by atoms with Gasteiger partial charge in [-0.05, 0) is 38.1 Å². The maximum Gasteiger partial charge on any atom is 0.271 e. The van der Waals surface area contributed by atoms with Crippen LogP contribution < -0.4 is 11.1 Å². The third-order valence-corrected chi connectivity index (χ3v) is 4.72. The van der Waals surface area contributed by atoms with E-state index in [-0.39, 0.29) is 18.3 Å². The zero-order valence-electron chi connectivity index (χ0n) is 14.7. The second-order valence-corrected chi connectivity index (χ2v) is 6.76. The molecular weight excluding hydrogens is 370 g/mol. The second-order valence-electron chi connectivity index (χ2n) is 5.82. The van der Waals surface area contributed by atoms with Gasteiger partial charge in [-0.25, -0.2) is 9.67 Å². The van der Waals surface area contributed by atoms with Crippen molar-refractivity contribution in [1.29, 1.82) is 0 Å². The summed E-state index contributed by atoms with van der Waals surface area (Å²) in [5, 5.41) is 10.1. The van der Waals surface area contributed by atoms with Crippen LogP contribution in [-0.4, -0.2) is 27.2 Å². The number of thiazole rings is 1. The summed E-state index contributed by atoms with van der Waals surface area (Å²) in [6.45, 7) is 4.93. The van der Waals surface area contributed by atoms with Crippen LogP contribution in [0.4, 0.5) is 0 Å². The van der Waals surface area contributed by atoms with Gasteiger partial charge in [-0.3, -0.25) is 4.79 Å². The number of para-hydroxylation sites is 1. The maximum atomic E-state index is 12.3. The van der Waals surface area contributed by atoms with Crippen molar-refractivity contribution in [2.45, 2.75) is 26.8 Å². The Hall–Kier alpha value is -2.22. The maximum absolute atomic E-state index is 12.3. The normalized spacial score (nSPS) is 10.4. The number of amides is 1. The molecule has 0 bridgehead atoms. The largest absolute Gasteiger partial charge is 0.347 e. The van der Waals surface area contributed by atoms with E-state index in [1.807, 2.05) is 48.9 Å². The fourth-order valence-electron chi connectivity index (χ4n) is 2.66. The van der Waals surface area contributed by atoms with Crippen LogP contribution >= 0.6 is 23.7 Å². The lowest BCUT2D eigenvalue weighted by molar-refractivity contribution is 0.0946. The van der Waals surface area contributed by atoms with Gasteiger partial charge in [0.2, 0.25) is 0 Å². The van der Waals surface area contributed by atoms with Crippen LogP contribution in [0, 0.1) is 13.8 Å². The van der Waals surface area contributed by atoms with Gasteiger partial charge in [0.15, 0.2) is 0 Å². The quantitative estimate of drug-likeness (QED) is 0.676. The number of aromatic nitrogens is 3. The van der Waals surface area contributed by atoms with Crippen LogP contribution in [0.3, 0.4) is 0 Å². The standard InChI is InChI=1S/C18H21N5OS.ClH/c1-12-9-13(2)23(22-12)16-6-4-3-5-14(16)10-20-18(24)15-11-25-17(21-15)7-8-19;/h3-6,9,11H,7-8,10,19H2,1-2H3,(H,20,24);1H. The molecule has 1 aromatic carbocycles. The molecule has 0 aliphatic heterocycles. The highest BCUT2D eigenvalue weighted by Crippen LogP contribution is 2.17. The zero-order chi connectivity index (χ0) is 17.8. The molecule has 3 rings (SSSR count). The van der Waals surface area contributed by atoms with Gasteiger partial charge >= 0.3 is 0 Å². The highest BCUT2D eigenvalue weighted by atomic mass is 35.5. The van der Waals surface area contributed by atoms with Gasteiger partial charge in [0.1, 0.15) is 5.69 Å². The molecule has 6 nitrogen and oxygen atoms in total. The Balaban J connectivity index is 0.00000243. The first-order chi connectivity index (χ1) is 12.1. The van der Waals surface area contributed by atoms with Gasteiger partial charge in [-0.1, -0.05) is 18.2 Å². The fraction of sp³-hybridized carbons (Fsp3) is 0.278. The van der Waals surface area contributed by atoms with E-state index in [9.17, 15) is 4.79 Å². The van der Waals surface area contributed by atoms with Crippen molar-refractivity contribution in [3.05, 3.63) is 63.4 Å². The monoisotopic (exact) mass is 391 g/mol. The Morgan fingerprint density at radius 2 is 2.08 bits per heavy atom. The number of rotatable bonds is 6. The van der Waals surface area contributed by atoms with Crippen LogP contribution in [0.25, 0.3) is 5.69 Å². The summed E-state index contributed by atoms with van der Waals surface area (Å²) in [5.74, 6) is -0.178. The number of carbonyl (C=O) groups excluding carboxylic acids is 1. The van der Waals surface area contributed by atoms with Crippen LogP contribution in [0.5, 0.6) is 0 Å². The van der Waals surface area contributed by atoms with Gasteiger partial charge < -0.3 is 11.1 Å². The van der Waals surface area contributed by atoms with E-state index in [2.05, 4.69) is 15.4 Å². The summed E-state index contributed by atoms with van der Waals surface area (Å²) < 4.78 is 1.90. The summed E-state index contributed by atoms with van der Waals surface area (Å²) in [6.07, 6.45) is 0.693. The summed E-state index contributed by atoms with van der Waals surface area (Å²) in [7, 11) is 0. The molecule has 138 valence electrons. The molecule has 0 aliphatic carbocycles. The lowest BCUT2D eigenvalue weighted by atomic mass is 10.1. The molecule has 26 heavy (non-hydrogen) atoms. The number of nitrogens with one attached hydrogen (secondary N) is 1. The number of hydrogen-bond acceptors (Lipinski definition) is 5. The van der Waals surface area contributed by atoms with E-state index >= 15 is 0 Å². The minimum Gasteiger partial charge on any atom is -0.347 e. The zero-order valence-corrected chi connectivity index (χ0v) is 16.4. The van der Waals surface area contributed by atoms with Gasteiger partial charge in [0.25, 0.3) is 5.91 Å². The summed E-state index contributed by atoms with van der Waals surface area (Å²) >= 11 is 1.46. The Bertz CT molecular complexity index is 889. The smallest absolute Gasteiger partial charge is 0.271 e. The summed E-state index contributed by atoms with van der Waals surface area (Å²) in [5.41, 5.74) is 9.96. The number of hydrogen-bond donors (Lipinski definition) is 2. The average molecular weight is 392 g/mol. The van der Waals surface area contributed by atoms with Gasteiger partial charge in [0, 0.05) is 24.0 Å². The third-order valence-electron chi connectivity index (χ3n) is 3.81. The van der Waals surface area contributed by atoms with Crippen molar-refractivity contribution in [2.75, 3.05) is 6.54 Å². The van der Waals surface area contributed by atoms with Crippen LogP contribution in [0.15, 0.2) is 35.7 Å². The van der Waals surface area contributed by atoms with Crippen molar-refractivity contribution in [1.82, 2.24) is 20.1 Å². The lowest BCUT2D eigenvalue weighted by Gasteiger charge is -2.11. The number of carbonyl (C=O) groups is 1. The number of benzene rings is 1. The third kappa shape index (κ3) is 4.49. The Morgan fingerprint density at radius 1 is 1.31 bits per heavy atom. The van der Waals surface area contributed by atoms with E-state index in [1.165, 1.54) is 11.3 Å². The molecule has 0 fully saturated rings. The molecule has 0 saturated heterocycles. The van der Waals surface area contributed by atoms with Crippen molar-refractivity contribution in [2.24, 2.45) is 5.73 Å². The first-order valence-electron chi connectivity index (χ1n) is 8.12. The predicted octanol–water partition coefficient (Wildman–Crippen LogP) is 2.80. The lowest BCUT2D eigenvalue weighted by Crippen LogP contribution is -2.24. The molecule has 0 aliphatic rings. The van der Waals surface area contributed by atoms with Crippen molar-refractivity contribution in [3.8, 4) is 5.69 Å². The topological polar surface area (TPSA) is 85.8 Å². The molecular formula is C18H22ClN5OS. The van der Waals surface area contributed by atoms with Crippen LogP contribution in [0.2, 0.25) is 0 Å². The van der Waals surface area contributed by atoms with E-state index in [0.717, 1.165) is 27.6 Å². The Labute approximate surface area is 162 Å². The van der Waals surface area contributed by atoms with E-state index < -0.39 is 0 Å². The summed E-state index contributed by atoms with van der Waals surface area (Å²) in [4.78, 5) is 16.7. The molecule has 0 radical (unpaired) electrons. The minimum absolute atomic E-state index is 0. The van der Waals surface area contributed by atoms with Crippen molar-refractivity contribution in [3.63, 3.8) is 0 Å². The number of nitrogens with two attached hydrogens (primary N) is 1. The van der Waals surface area contributed by atoms with Crippen LogP contribution in [-0.2, 0) is 13.0 Å². The Morgan fingerprint density at radius 3 is 2.77 bits per heavy atom. The number of nitrogens with zero attached hydrogens (tertiary/aromatic N) is 3. The number of aryl methyl sites for hydroxylation is 2. The van der Waals surface area contributed by atoms with Gasteiger partial charge in [-0.2, -0.15) is 5.10 Å². The molecule has 0 atom stereocenters. The minimum atomic E-state index is -0.178. The molecule has 3 N–H and O–H groups in total. The van der Waals surface area contributed by atoms with E-state index in [4.69, 9.17) is 5.73 Å². The predicted molar refractivity (Wildman–Crippen MR) is 106 cm³/mol. The highest BCUT2D eigenvalue weighted by Gasteiger charge is 2.13. The summed E-state index contributed by atoms with van der Waals surface area (Å²) in [6, 6.07) is 9.95. The number of halogens is 1. The highest BCUT2D eigenvalue weighted by molar-refractivity contribution is 7.09. The van der Waals surface area contributed by atoms with Gasteiger partial charge in [-0.15, -0.1) is 23.7 Å².